The Morgan fingerprint density at radius 2 is 2.25 bits per heavy atom. The van der Waals surface area contributed by atoms with Gasteiger partial charge in [0, 0.05) is 18.5 Å². The Kier molecular flexibility index (Phi) is 5.75. The van der Waals surface area contributed by atoms with Gasteiger partial charge < -0.3 is 15.8 Å². The molecule has 5 nitrogen and oxygen atoms in total. The number of nitrogens with zero attached hydrogens (tertiary/aromatic N) is 2. The van der Waals surface area contributed by atoms with Crippen molar-refractivity contribution in [2.45, 2.75) is 26.7 Å². The minimum absolute atomic E-state index is 0.537. The summed E-state index contributed by atoms with van der Waals surface area (Å²) in [5.74, 6) is 0.537. The number of unbranched alkanes of at least 4 members (excludes halogenated alkanes) is 1. The zero-order valence-electron chi connectivity index (χ0n) is 11.8. The molecule has 2 heterocycles. The first kappa shape index (κ1) is 15.2. The van der Waals surface area contributed by atoms with Crippen molar-refractivity contribution in [3.63, 3.8) is 0 Å². The Morgan fingerprint density at radius 1 is 1.40 bits per heavy atom. The van der Waals surface area contributed by atoms with Gasteiger partial charge in [0.25, 0.3) is 0 Å². The molecule has 0 aromatic carbocycles. The third-order valence-electron chi connectivity index (χ3n) is 2.77. The van der Waals surface area contributed by atoms with E-state index in [4.69, 9.17) is 10.5 Å². The molecule has 0 spiro atoms. The van der Waals surface area contributed by atoms with E-state index in [0.29, 0.717) is 12.4 Å². The van der Waals surface area contributed by atoms with Crippen LogP contribution in [-0.2, 0) is 4.74 Å². The van der Waals surface area contributed by atoms with Crippen LogP contribution < -0.4 is 11.1 Å². The van der Waals surface area contributed by atoms with E-state index in [1.165, 1.54) is 11.5 Å². The van der Waals surface area contributed by atoms with E-state index < -0.39 is 0 Å². The van der Waals surface area contributed by atoms with E-state index in [1.807, 2.05) is 12.3 Å². The molecule has 110 valence electrons. The quantitative estimate of drug-likeness (QED) is 0.731. The summed E-state index contributed by atoms with van der Waals surface area (Å²) in [6.07, 6.45) is 2.27. The average Bonchev–Trinajstić information content (AvgIpc) is 3.00. The van der Waals surface area contributed by atoms with Crippen LogP contribution in [0.4, 0.5) is 10.8 Å². The minimum atomic E-state index is 0.537. The lowest BCUT2D eigenvalue weighted by Crippen LogP contribution is -2.09. The monoisotopic (exact) mass is 312 g/mol. The maximum atomic E-state index is 5.95. The number of nitrogen functional groups attached to an aromatic ring is 1. The van der Waals surface area contributed by atoms with E-state index in [0.717, 1.165) is 47.3 Å². The molecule has 0 aliphatic carbocycles. The normalized spacial score (nSPS) is 10.9. The summed E-state index contributed by atoms with van der Waals surface area (Å²) in [6.45, 7) is 6.40. The Hall–Kier alpha value is -1.18. The highest BCUT2D eigenvalue weighted by atomic mass is 32.1. The fraction of sp³-hybridized carbons (Fsp3) is 0.538. The number of ether oxygens (including phenoxy) is 1. The maximum Gasteiger partial charge on any atom is 0.148 e. The van der Waals surface area contributed by atoms with Gasteiger partial charge >= 0.3 is 0 Å². The molecule has 0 radical (unpaired) electrons. The van der Waals surface area contributed by atoms with Gasteiger partial charge in [0.05, 0.1) is 22.9 Å². The third kappa shape index (κ3) is 3.91. The second kappa shape index (κ2) is 7.56. The molecular formula is C13H20N4OS2. The van der Waals surface area contributed by atoms with Crippen molar-refractivity contribution >= 4 is 33.7 Å². The Labute approximate surface area is 127 Å². The van der Waals surface area contributed by atoms with Gasteiger partial charge in [0.1, 0.15) is 10.8 Å². The van der Waals surface area contributed by atoms with Gasteiger partial charge in [-0.05, 0) is 24.9 Å². The fourth-order valence-corrected chi connectivity index (χ4v) is 3.09. The Balaban J connectivity index is 1.92. The highest BCUT2D eigenvalue weighted by Crippen LogP contribution is 2.36. The molecule has 3 N–H and O–H groups in total. The van der Waals surface area contributed by atoms with Gasteiger partial charge in [-0.1, -0.05) is 13.3 Å². The largest absolute Gasteiger partial charge is 0.382 e. The molecule has 7 heteroatoms. The van der Waals surface area contributed by atoms with E-state index in [2.05, 4.69) is 21.6 Å². The molecule has 0 bridgehead atoms. The first-order valence-corrected chi connectivity index (χ1v) is 8.37. The maximum absolute atomic E-state index is 5.95. The van der Waals surface area contributed by atoms with Crippen molar-refractivity contribution in [2.24, 2.45) is 0 Å². The van der Waals surface area contributed by atoms with Gasteiger partial charge in [-0.15, -0.1) is 11.3 Å². The van der Waals surface area contributed by atoms with Crippen LogP contribution in [0.15, 0.2) is 5.38 Å². The zero-order valence-corrected chi connectivity index (χ0v) is 13.4. The number of nitrogens with two attached hydrogens (primary N) is 1. The zero-order chi connectivity index (χ0) is 14.4. The van der Waals surface area contributed by atoms with Crippen LogP contribution in [0, 0.1) is 6.92 Å². The second-order valence-corrected chi connectivity index (χ2v) is 6.25. The number of anilines is 2. The van der Waals surface area contributed by atoms with Gasteiger partial charge in [0.2, 0.25) is 0 Å². The molecule has 2 rings (SSSR count). The molecule has 2 aromatic rings. The summed E-state index contributed by atoms with van der Waals surface area (Å²) in [5.41, 5.74) is 7.75. The lowest BCUT2D eigenvalue weighted by atomic mass is 10.2. The second-order valence-electron chi connectivity index (χ2n) is 4.42. The number of rotatable bonds is 8. The summed E-state index contributed by atoms with van der Waals surface area (Å²) < 4.78 is 9.74. The summed E-state index contributed by atoms with van der Waals surface area (Å²) in [7, 11) is 0. The van der Waals surface area contributed by atoms with Crippen molar-refractivity contribution < 1.29 is 4.74 Å². The molecule has 20 heavy (non-hydrogen) atoms. The van der Waals surface area contributed by atoms with Crippen LogP contribution in [-0.4, -0.2) is 29.1 Å². The number of hydrogen-bond donors (Lipinski definition) is 2. The van der Waals surface area contributed by atoms with Crippen LogP contribution in [0.5, 0.6) is 0 Å². The topological polar surface area (TPSA) is 73.1 Å². The standard InChI is InChI=1S/C13H20N4OS2/c1-3-4-6-18-7-5-15-13-11(12(14)17-20-13)10-8-19-9(2)16-10/h8,15H,3-7H2,1-2H3,(H2,14,17). The first-order valence-electron chi connectivity index (χ1n) is 6.71. The summed E-state index contributed by atoms with van der Waals surface area (Å²) in [6, 6.07) is 0. The molecule has 0 saturated heterocycles. The Bertz CT molecular complexity index is 538. The molecule has 0 fully saturated rings. The molecule has 0 atom stereocenters. The first-order chi connectivity index (χ1) is 9.72. The number of aromatic nitrogens is 2. The fourth-order valence-electron chi connectivity index (χ4n) is 1.73. The molecule has 0 amide bonds. The van der Waals surface area contributed by atoms with Gasteiger partial charge in [0.15, 0.2) is 0 Å². The highest BCUT2D eigenvalue weighted by Gasteiger charge is 2.15. The summed E-state index contributed by atoms with van der Waals surface area (Å²) in [5, 5.41) is 7.34. The van der Waals surface area contributed by atoms with E-state index in [1.54, 1.807) is 11.3 Å². The third-order valence-corrected chi connectivity index (χ3v) is 4.36. The molecule has 0 saturated carbocycles. The van der Waals surface area contributed by atoms with Crippen LogP contribution >= 0.6 is 22.9 Å². The van der Waals surface area contributed by atoms with Crippen molar-refractivity contribution in [1.82, 2.24) is 9.36 Å². The summed E-state index contributed by atoms with van der Waals surface area (Å²) >= 11 is 2.99. The van der Waals surface area contributed by atoms with Crippen LogP contribution in [0.1, 0.15) is 24.8 Å². The van der Waals surface area contributed by atoms with Crippen molar-refractivity contribution in [3.8, 4) is 11.3 Å². The molecule has 0 unspecified atom stereocenters. The van der Waals surface area contributed by atoms with Crippen LogP contribution in [0.3, 0.4) is 0 Å². The Morgan fingerprint density at radius 3 is 2.95 bits per heavy atom. The highest BCUT2D eigenvalue weighted by molar-refractivity contribution is 7.11. The SMILES string of the molecule is CCCCOCCNc1snc(N)c1-c1csc(C)n1. The van der Waals surface area contributed by atoms with E-state index in [-0.39, 0.29) is 0 Å². The number of nitrogens with one attached hydrogen (secondary N) is 1. The average molecular weight is 312 g/mol. The number of aryl methyl sites for hydroxylation is 1. The van der Waals surface area contributed by atoms with Crippen LogP contribution in [0.2, 0.25) is 0 Å². The van der Waals surface area contributed by atoms with Crippen molar-refractivity contribution in [3.05, 3.63) is 10.4 Å². The minimum Gasteiger partial charge on any atom is -0.382 e. The van der Waals surface area contributed by atoms with Gasteiger partial charge in [-0.25, -0.2) is 4.98 Å². The molecule has 2 aromatic heterocycles. The predicted molar refractivity (Wildman–Crippen MR) is 86.6 cm³/mol. The predicted octanol–water partition coefficient (Wildman–Crippen LogP) is 3.39. The van der Waals surface area contributed by atoms with Crippen LogP contribution in [0.25, 0.3) is 11.3 Å². The van der Waals surface area contributed by atoms with Crippen molar-refractivity contribution in [1.29, 1.82) is 0 Å². The lowest BCUT2D eigenvalue weighted by Gasteiger charge is -2.06. The van der Waals surface area contributed by atoms with Gasteiger partial charge in [-0.3, -0.25) is 0 Å². The summed E-state index contributed by atoms with van der Waals surface area (Å²) in [4.78, 5) is 4.48. The van der Waals surface area contributed by atoms with E-state index in [9.17, 15) is 0 Å². The smallest absolute Gasteiger partial charge is 0.148 e. The number of thiazole rings is 1. The lowest BCUT2D eigenvalue weighted by molar-refractivity contribution is 0.141. The molecule has 0 aliphatic rings. The van der Waals surface area contributed by atoms with Gasteiger partial charge in [-0.2, -0.15) is 4.37 Å². The molecular weight excluding hydrogens is 292 g/mol. The van der Waals surface area contributed by atoms with E-state index >= 15 is 0 Å². The molecule has 0 aliphatic heterocycles. The van der Waals surface area contributed by atoms with Crippen molar-refractivity contribution in [2.75, 3.05) is 30.8 Å². The number of hydrogen-bond acceptors (Lipinski definition) is 7.